The molecular weight excluding hydrogens is 342 g/mol. The van der Waals surface area contributed by atoms with Gasteiger partial charge in [0.05, 0.1) is 13.0 Å². The van der Waals surface area contributed by atoms with E-state index in [1.165, 1.54) is 7.11 Å². The molecule has 1 aliphatic rings. The van der Waals surface area contributed by atoms with Crippen molar-refractivity contribution in [2.24, 2.45) is 5.92 Å². The number of hydrogen-bond acceptors (Lipinski definition) is 3. The van der Waals surface area contributed by atoms with Crippen molar-refractivity contribution >= 4 is 23.5 Å². The van der Waals surface area contributed by atoms with Gasteiger partial charge in [-0.2, -0.15) is 0 Å². The Bertz CT molecular complexity index is 790. The van der Waals surface area contributed by atoms with Gasteiger partial charge in [-0.3, -0.25) is 9.59 Å². The number of nitrogens with zero attached hydrogens (tertiary/aromatic N) is 1. The van der Waals surface area contributed by atoms with Gasteiger partial charge in [-0.15, -0.1) is 0 Å². The third-order valence-electron chi connectivity index (χ3n) is 4.54. The van der Waals surface area contributed by atoms with Crippen molar-refractivity contribution in [3.63, 3.8) is 0 Å². The van der Waals surface area contributed by atoms with Gasteiger partial charge >= 0.3 is 5.97 Å². The fourth-order valence-electron chi connectivity index (χ4n) is 3.21. The van der Waals surface area contributed by atoms with E-state index in [9.17, 15) is 14.7 Å². The number of amides is 1. The third kappa shape index (κ3) is 3.61. The first-order chi connectivity index (χ1) is 12.0. The molecule has 1 N–H and O–H groups in total. The topological polar surface area (TPSA) is 66.8 Å². The number of carboxylic acid groups (broad SMARTS) is 1. The molecule has 2 aromatic rings. The largest absolute Gasteiger partial charge is 0.497 e. The second-order valence-corrected chi connectivity index (χ2v) is 6.48. The van der Waals surface area contributed by atoms with E-state index in [2.05, 4.69) is 0 Å². The number of benzene rings is 2. The van der Waals surface area contributed by atoms with E-state index in [0.717, 1.165) is 5.56 Å². The number of hydrogen-bond donors (Lipinski definition) is 1. The molecule has 0 aliphatic carbocycles. The monoisotopic (exact) mass is 359 g/mol. The predicted molar refractivity (Wildman–Crippen MR) is 94.2 cm³/mol. The number of aliphatic carboxylic acids is 1. The van der Waals surface area contributed by atoms with Crippen molar-refractivity contribution in [1.82, 2.24) is 4.90 Å². The molecular formula is C19H18ClNO4. The molecule has 130 valence electrons. The predicted octanol–water partition coefficient (Wildman–Crippen LogP) is 3.29. The quantitative estimate of drug-likeness (QED) is 0.909. The molecule has 5 nitrogen and oxygen atoms in total. The molecule has 25 heavy (non-hydrogen) atoms. The summed E-state index contributed by atoms with van der Waals surface area (Å²) >= 11 is 5.91. The summed E-state index contributed by atoms with van der Waals surface area (Å²) in [6, 6.07) is 14.0. The lowest BCUT2D eigenvalue weighted by Crippen LogP contribution is -2.29. The van der Waals surface area contributed by atoms with Crippen molar-refractivity contribution in [2.45, 2.75) is 5.92 Å². The summed E-state index contributed by atoms with van der Waals surface area (Å²) < 4.78 is 5.15. The molecule has 1 heterocycles. The molecule has 0 spiro atoms. The van der Waals surface area contributed by atoms with Crippen LogP contribution in [0.2, 0.25) is 5.02 Å². The van der Waals surface area contributed by atoms with Gasteiger partial charge in [0.1, 0.15) is 5.75 Å². The molecule has 0 radical (unpaired) electrons. The van der Waals surface area contributed by atoms with Crippen LogP contribution in [0.1, 0.15) is 21.8 Å². The maximum absolute atomic E-state index is 12.8. The van der Waals surface area contributed by atoms with Gasteiger partial charge < -0.3 is 14.7 Å². The number of halogens is 1. The fraction of sp³-hybridized carbons (Fsp3) is 0.263. The highest BCUT2D eigenvalue weighted by Crippen LogP contribution is 2.34. The minimum absolute atomic E-state index is 0.179. The van der Waals surface area contributed by atoms with Gasteiger partial charge in [0, 0.05) is 29.6 Å². The standard InChI is InChI=1S/C19H18ClNO4/c1-25-15-4-2-3-13(9-15)18(22)21-10-16(17(11-21)19(23)24)12-5-7-14(20)8-6-12/h2-9,16-17H,10-11H2,1H3,(H,23,24)/t16-,17+/m0/s1. The first-order valence-corrected chi connectivity index (χ1v) is 8.29. The molecule has 0 aromatic heterocycles. The second-order valence-electron chi connectivity index (χ2n) is 6.04. The highest BCUT2D eigenvalue weighted by atomic mass is 35.5. The zero-order valence-electron chi connectivity index (χ0n) is 13.7. The molecule has 0 unspecified atom stereocenters. The third-order valence-corrected chi connectivity index (χ3v) is 4.79. The van der Waals surface area contributed by atoms with Gasteiger partial charge in [-0.1, -0.05) is 29.8 Å². The van der Waals surface area contributed by atoms with Crippen molar-refractivity contribution in [2.75, 3.05) is 20.2 Å². The number of likely N-dealkylation sites (tertiary alicyclic amines) is 1. The summed E-state index contributed by atoms with van der Waals surface area (Å²) in [5, 5.41) is 10.2. The van der Waals surface area contributed by atoms with Crippen LogP contribution in [-0.2, 0) is 4.79 Å². The lowest BCUT2D eigenvalue weighted by Gasteiger charge is -2.17. The maximum atomic E-state index is 12.8. The molecule has 1 amide bonds. The minimum Gasteiger partial charge on any atom is -0.497 e. The van der Waals surface area contributed by atoms with Crippen molar-refractivity contribution < 1.29 is 19.4 Å². The summed E-state index contributed by atoms with van der Waals surface area (Å²) in [6.45, 7) is 0.535. The Morgan fingerprint density at radius 1 is 1.16 bits per heavy atom. The molecule has 1 saturated heterocycles. The minimum atomic E-state index is -0.902. The molecule has 6 heteroatoms. The second kappa shape index (κ2) is 7.15. The summed E-state index contributed by atoms with van der Waals surface area (Å²) in [5.74, 6) is -1.41. The van der Waals surface area contributed by atoms with E-state index < -0.39 is 11.9 Å². The number of methoxy groups -OCH3 is 1. The first kappa shape index (κ1) is 17.3. The SMILES string of the molecule is COc1cccc(C(=O)N2C[C@@H](C(=O)O)[C@H](c3ccc(Cl)cc3)C2)c1. The molecule has 0 saturated carbocycles. The van der Waals surface area contributed by atoms with Crippen LogP contribution in [-0.4, -0.2) is 42.1 Å². The average molecular weight is 360 g/mol. The van der Waals surface area contributed by atoms with Crippen LogP contribution >= 0.6 is 11.6 Å². The van der Waals surface area contributed by atoms with Gasteiger partial charge in [0.2, 0.25) is 0 Å². The van der Waals surface area contributed by atoms with Crippen LogP contribution in [0.4, 0.5) is 0 Å². The van der Waals surface area contributed by atoms with Gasteiger partial charge in [0.25, 0.3) is 5.91 Å². The highest BCUT2D eigenvalue weighted by Gasteiger charge is 2.40. The number of carbonyl (C=O) groups is 2. The summed E-state index contributed by atoms with van der Waals surface area (Å²) in [5.41, 5.74) is 1.36. The number of carboxylic acids is 1. The summed E-state index contributed by atoms with van der Waals surface area (Å²) in [7, 11) is 1.54. The van der Waals surface area contributed by atoms with Gasteiger partial charge in [0.15, 0.2) is 0 Å². The number of carbonyl (C=O) groups excluding carboxylic acids is 1. The van der Waals surface area contributed by atoms with Crippen molar-refractivity contribution in [3.05, 3.63) is 64.7 Å². The number of rotatable bonds is 4. The van der Waals surface area contributed by atoms with E-state index in [4.69, 9.17) is 16.3 Å². The van der Waals surface area contributed by atoms with Crippen LogP contribution in [0, 0.1) is 5.92 Å². The average Bonchev–Trinajstić information content (AvgIpc) is 3.07. The highest BCUT2D eigenvalue weighted by molar-refractivity contribution is 6.30. The van der Waals surface area contributed by atoms with E-state index in [0.29, 0.717) is 22.9 Å². The Morgan fingerprint density at radius 3 is 2.52 bits per heavy atom. The number of ether oxygens (including phenoxy) is 1. The summed E-state index contributed by atoms with van der Waals surface area (Å²) in [6.07, 6.45) is 0. The normalized spacial score (nSPS) is 19.7. The van der Waals surface area contributed by atoms with E-state index in [1.807, 2.05) is 12.1 Å². The van der Waals surface area contributed by atoms with Crippen LogP contribution < -0.4 is 4.74 Å². The van der Waals surface area contributed by atoms with Crippen LogP contribution in [0.5, 0.6) is 5.75 Å². The Morgan fingerprint density at radius 2 is 1.88 bits per heavy atom. The van der Waals surface area contributed by atoms with Crippen LogP contribution in [0.3, 0.4) is 0 Å². The Kier molecular flexibility index (Phi) is 4.95. The molecule has 2 aromatic carbocycles. The van der Waals surface area contributed by atoms with E-state index in [-0.39, 0.29) is 18.4 Å². The fourth-order valence-corrected chi connectivity index (χ4v) is 3.33. The zero-order valence-corrected chi connectivity index (χ0v) is 14.4. The Hall–Kier alpha value is -2.53. The van der Waals surface area contributed by atoms with E-state index >= 15 is 0 Å². The van der Waals surface area contributed by atoms with Crippen LogP contribution in [0.15, 0.2) is 48.5 Å². The van der Waals surface area contributed by atoms with Gasteiger partial charge in [-0.25, -0.2) is 0 Å². The molecule has 0 bridgehead atoms. The lowest BCUT2D eigenvalue weighted by atomic mass is 9.89. The zero-order chi connectivity index (χ0) is 18.0. The van der Waals surface area contributed by atoms with Gasteiger partial charge in [-0.05, 0) is 35.9 Å². The smallest absolute Gasteiger partial charge is 0.308 e. The van der Waals surface area contributed by atoms with Crippen molar-refractivity contribution in [3.8, 4) is 5.75 Å². The molecule has 2 atom stereocenters. The maximum Gasteiger partial charge on any atom is 0.308 e. The Labute approximate surface area is 150 Å². The van der Waals surface area contributed by atoms with E-state index in [1.54, 1.807) is 41.3 Å². The Balaban J connectivity index is 1.85. The lowest BCUT2D eigenvalue weighted by molar-refractivity contribution is -0.141. The molecule has 1 fully saturated rings. The first-order valence-electron chi connectivity index (χ1n) is 7.91. The van der Waals surface area contributed by atoms with Crippen molar-refractivity contribution in [1.29, 1.82) is 0 Å². The summed E-state index contributed by atoms with van der Waals surface area (Å²) in [4.78, 5) is 26.0. The molecule has 1 aliphatic heterocycles. The molecule has 3 rings (SSSR count). The van der Waals surface area contributed by atoms with Crippen LogP contribution in [0.25, 0.3) is 0 Å².